The number of fused-ring (bicyclic) bond motifs is 3. The van der Waals surface area contributed by atoms with E-state index in [0.29, 0.717) is 44.1 Å². The number of hydrogen-bond donors (Lipinski definition) is 0. The average molecular weight is 618 g/mol. The molecule has 1 amide bonds. The molecule has 2 aromatic rings. The first-order valence-electron chi connectivity index (χ1n) is 13.7. The number of methoxy groups -OCH3 is 1. The Morgan fingerprint density at radius 2 is 2.00 bits per heavy atom. The number of piperazine rings is 1. The van der Waals surface area contributed by atoms with Crippen LogP contribution in [-0.4, -0.2) is 110 Å². The van der Waals surface area contributed by atoms with Gasteiger partial charge in [-0.05, 0) is 46.7 Å². The van der Waals surface area contributed by atoms with Crippen molar-refractivity contribution in [2.24, 2.45) is 0 Å². The lowest BCUT2D eigenvalue weighted by molar-refractivity contribution is 0.0155. The number of likely N-dealkylation sites (tertiary alicyclic amines) is 1. The minimum atomic E-state index is -0.621. The van der Waals surface area contributed by atoms with Crippen molar-refractivity contribution in [2.45, 2.75) is 57.5 Å². The molecule has 3 atom stereocenters. The molecule has 0 aliphatic carbocycles. The molecule has 0 N–H and O–H groups in total. The first kappa shape index (κ1) is 28.6. The molecule has 3 aliphatic rings. The summed E-state index contributed by atoms with van der Waals surface area (Å²) in [6, 6.07) is 1.91. The summed E-state index contributed by atoms with van der Waals surface area (Å²) in [4.78, 5) is 32.4. The van der Waals surface area contributed by atoms with E-state index in [9.17, 15) is 4.79 Å². The van der Waals surface area contributed by atoms with Crippen molar-refractivity contribution in [3.63, 3.8) is 0 Å². The summed E-state index contributed by atoms with van der Waals surface area (Å²) in [6.07, 6.45) is 1.12. The number of rotatable bonds is 5. The second-order valence-corrected chi connectivity index (χ2v) is 12.5. The van der Waals surface area contributed by atoms with Crippen molar-refractivity contribution in [1.82, 2.24) is 19.8 Å². The highest BCUT2D eigenvalue weighted by Crippen LogP contribution is 2.43. The Bertz CT molecular complexity index is 1310. The van der Waals surface area contributed by atoms with Crippen LogP contribution in [0.25, 0.3) is 15.7 Å². The van der Waals surface area contributed by atoms with Crippen molar-refractivity contribution < 1.29 is 23.7 Å². The minimum absolute atomic E-state index is 0.0910. The van der Waals surface area contributed by atoms with E-state index < -0.39 is 11.7 Å². The van der Waals surface area contributed by atoms with Gasteiger partial charge < -0.3 is 28.7 Å². The number of ether oxygens (including phenoxy) is 4. The van der Waals surface area contributed by atoms with Crippen LogP contribution in [-0.2, 0) is 15.9 Å². The van der Waals surface area contributed by atoms with Gasteiger partial charge in [0.25, 0.3) is 0 Å². The van der Waals surface area contributed by atoms with Gasteiger partial charge in [0.2, 0.25) is 6.54 Å². The average Bonchev–Trinajstić information content (AvgIpc) is 3.26. The Labute approximate surface area is 243 Å². The molecule has 0 spiro atoms. The maximum atomic E-state index is 13.0. The molecule has 216 valence electrons. The van der Waals surface area contributed by atoms with Crippen molar-refractivity contribution in [2.75, 3.05) is 64.9 Å². The van der Waals surface area contributed by atoms with Gasteiger partial charge in [-0.2, -0.15) is 9.97 Å². The van der Waals surface area contributed by atoms with E-state index in [2.05, 4.69) is 30.6 Å². The molecule has 0 saturated carbocycles. The number of amides is 1. The van der Waals surface area contributed by atoms with E-state index in [4.69, 9.17) is 35.5 Å². The summed E-state index contributed by atoms with van der Waals surface area (Å²) in [5, 5.41) is 0.823. The quantitative estimate of drug-likeness (QED) is 0.465. The van der Waals surface area contributed by atoms with E-state index in [-0.39, 0.29) is 30.8 Å². The molecule has 12 heteroatoms. The second kappa shape index (κ2) is 11.5. The summed E-state index contributed by atoms with van der Waals surface area (Å²) in [6.45, 7) is 16.7. The van der Waals surface area contributed by atoms with E-state index in [1.807, 2.05) is 33.9 Å². The van der Waals surface area contributed by atoms with Crippen molar-refractivity contribution >= 4 is 38.7 Å². The van der Waals surface area contributed by atoms with Crippen LogP contribution < -0.4 is 14.4 Å². The molecular weight excluding hydrogens is 580 g/mol. The van der Waals surface area contributed by atoms with E-state index in [1.165, 1.54) is 0 Å². The topological polar surface area (TPSA) is 93.9 Å². The molecule has 3 aliphatic heterocycles. The number of aromatic nitrogens is 2. The molecule has 2 saturated heterocycles. The Morgan fingerprint density at radius 1 is 1.23 bits per heavy atom. The van der Waals surface area contributed by atoms with Crippen LogP contribution in [0.2, 0.25) is 0 Å². The zero-order chi connectivity index (χ0) is 28.6. The highest BCUT2D eigenvalue weighted by atomic mass is 79.9. The number of likely N-dealkylation sites (N-methyl/N-ethyl adjacent to an activating group) is 1. The molecule has 1 aromatic heterocycles. The fraction of sp³-hybridized carbons (Fsp3) is 0.643. The number of hydrogen-bond acceptors (Lipinski definition) is 9. The van der Waals surface area contributed by atoms with E-state index in [1.54, 1.807) is 12.0 Å². The fourth-order valence-electron chi connectivity index (χ4n) is 5.60. The van der Waals surface area contributed by atoms with Crippen LogP contribution in [0.3, 0.4) is 0 Å². The molecule has 1 aromatic carbocycles. The van der Waals surface area contributed by atoms with Gasteiger partial charge >= 0.3 is 12.1 Å². The number of carbonyl (C=O) groups excluding carboxylic acids is 1. The number of benzene rings is 1. The maximum absolute atomic E-state index is 13.0. The second-order valence-electron chi connectivity index (χ2n) is 11.6. The standard InChI is InChI=1S/C28H37BrN6O5/c1-28(2,3)40-27(36)35-10-9-34(14-17(35)13-30-4)25-23-20(12-19(29)18-8-7-11-38-24(18)23)31-26(32-25)39-22-16-33(5)15-21(22)37-6/h12,17,21-22H,7-11,13-16H2,1-3,5-6H3/t17-,21-,22-/m0/s1. The molecule has 11 nitrogen and oxygen atoms in total. The molecule has 0 bridgehead atoms. The molecular formula is C28H37BrN6O5. The van der Waals surface area contributed by atoms with Gasteiger partial charge in [-0.3, -0.25) is 9.80 Å². The molecule has 2 fully saturated rings. The van der Waals surface area contributed by atoms with Crippen LogP contribution >= 0.6 is 15.9 Å². The predicted molar refractivity (Wildman–Crippen MR) is 154 cm³/mol. The molecule has 0 unspecified atom stereocenters. The van der Waals surface area contributed by atoms with Crippen molar-refractivity contribution in [3.8, 4) is 11.8 Å². The first-order valence-corrected chi connectivity index (χ1v) is 14.5. The van der Waals surface area contributed by atoms with Gasteiger partial charge in [0.15, 0.2) is 0 Å². The lowest BCUT2D eigenvalue weighted by atomic mass is 10.0. The fourth-order valence-corrected chi connectivity index (χ4v) is 6.20. The largest absolute Gasteiger partial charge is 0.492 e. The van der Waals surface area contributed by atoms with Crippen molar-refractivity contribution in [1.29, 1.82) is 0 Å². The zero-order valence-electron chi connectivity index (χ0n) is 23.8. The predicted octanol–water partition coefficient (Wildman–Crippen LogP) is 3.77. The van der Waals surface area contributed by atoms with Gasteiger partial charge in [0, 0.05) is 49.9 Å². The number of carbonyl (C=O) groups is 1. The zero-order valence-corrected chi connectivity index (χ0v) is 25.4. The third-order valence-electron chi connectivity index (χ3n) is 7.44. The number of halogens is 1. The van der Waals surface area contributed by atoms with Gasteiger partial charge in [0.05, 0.1) is 17.5 Å². The van der Waals surface area contributed by atoms with Crippen LogP contribution in [0.5, 0.6) is 11.8 Å². The Kier molecular flexibility index (Phi) is 8.27. The highest BCUT2D eigenvalue weighted by Gasteiger charge is 2.38. The summed E-state index contributed by atoms with van der Waals surface area (Å²) in [7, 11) is 3.72. The van der Waals surface area contributed by atoms with E-state index in [0.717, 1.165) is 40.6 Å². The molecule has 0 radical (unpaired) electrons. The Hall–Kier alpha value is -2.88. The van der Waals surface area contributed by atoms with Crippen molar-refractivity contribution in [3.05, 3.63) is 27.5 Å². The maximum Gasteiger partial charge on any atom is 0.410 e. The molecule has 4 heterocycles. The van der Waals surface area contributed by atoms with Crippen LogP contribution in [0, 0.1) is 6.57 Å². The SMILES string of the molecule is [C-]#[N+]C[C@H]1CN(c2nc(O[C@H]3CN(C)C[C@@H]3OC)nc3cc(Br)c4c(c23)OCCC4)CCN1C(=O)OC(C)(C)C. The Balaban J connectivity index is 1.54. The lowest BCUT2D eigenvalue weighted by Gasteiger charge is -2.40. The van der Waals surface area contributed by atoms with Crippen LogP contribution in [0.15, 0.2) is 10.5 Å². The lowest BCUT2D eigenvalue weighted by Crippen LogP contribution is -2.57. The number of nitrogens with zero attached hydrogens (tertiary/aromatic N) is 6. The van der Waals surface area contributed by atoms with Gasteiger partial charge in [0.1, 0.15) is 35.4 Å². The number of anilines is 1. The smallest absolute Gasteiger partial charge is 0.410 e. The third-order valence-corrected chi connectivity index (χ3v) is 8.15. The van der Waals surface area contributed by atoms with Gasteiger partial charge in [-0.15, -0.1) is 0 Å². The van der Waals surface area contributed by atoms with Crippen LogP contribution in [0.1, 0.15) is 32.8 Å². The monoisotopic (exact) mass is 616 g/mol. The summed E-state index contributed by atoms with van der Waals surface area (Å²) >= 11 is 3.73. The van der Waals surface area contributed by atoms with E-state index >= 15 is 0 Å². The summed E-state index contributed by atoms with van der Waals surface area (Å²) in [5.74, 6) is 1.47. The normalized spacial score (nSPS) is 23.5. The minimum Gasteiger partial charge on any atom is -0.492 e. The van der Waals surface area contributed by atoms with Gasteiger partial charge in [-0.1, -0.05) is 15.9 Å². The summed E-state index contributed by atoms with van der Waals surface area (Å²) in [5.41, 5.74) is 1.19. The summed E-state index contributed by atoms with van der Waals surface area (Å²) < 4.78 is 24.8. The molecule has 40 heavy (non-hydrogen) atoms. The highest BCUT2D eigenvalue weighted by molar-refractivity contribution is 9.10. The van der Waals surface area contributed by atoms with Gasteiger partial charge in [-0.25, -0.2) is 11.4 Å². The Morgan fingerprint density at radius 3 is 2.73 bits per heavy atom. The molecule has 5 rings (SSSR count). The first-order chi connectivity index (χ1) is 19.1. The third kappa shape index (κ3) is 5.92. The van der Waals surface area contributed by atoms with Crippen LogP contribution in [0.4, 0.5) is 10.6 Å².